The van der Waals surface area contributed by atoms with Crippen LogP contribution >= 0.6 is 11.6 Å². The molecule has 0 saturated carbocycles. The average molecular weight is 421 g/mol. The van der Waals surface area contributed by atoms with E-state index in [1.54, 1.807) is 54.3 Å². The summed E-state index contributed by atoms with van der Waals surface area (Å²) < 4.78 is 1.76. The summed E-state index contributed by atoms with van der Waals surface area (Å²) in [5.41, 5.74) is 3.22. The highest BCUT2D eigenvalue weighted by Crippen LogP contribution is 2.21. The van der Waals surface area contributed by atoms with Gasteiger partial charge in [0, 0.05) is 36.1 Å². The zero-order valence-corrected chi connectivity index (χ0v) is 17.0. The minimum atomic E-state index is -0.354. The third-order valence-corrected chi connectivity index (χ3v) is 4.72. The standard InChI is InChI=1S/C21H17ClN6O2/c1-13(29)25-15-5-9-17(10-6-15)28-12-24-18-11-23-19(26-20(18)28)21(30)27(2)16-7-3-14(22)4-8-16/h3-12H,1-2H3,(H,25,29). The van der Waals surface area contributed by atoms with Crippen LogP contribution in [0.1, 0.15) is 17.5 Å². The molecule has 2 aromatic heterocycles. The Morgan fingerprint density at radius 1 is 1.03 bits per heavy atom. The molecule has 30 heavy (non-hydrogen) atoms. The van der Waals surface area contributed by atoms with Crippen LogP contribution in [0.5, 0.6) is 0 Å². The van der Waals surface area contributed by atoms with Crippen LogP contribution in [0.25, 0.3) is 16.9 Å². The number of nitrogens with one attached hydrogen (secondary N) is 1. The summed E-state index contributed by atoms with van der Waals surface area (Å²) in [5.74, 6) is -0.443. The van der Waals surface area contributed by atoms with Crippen molar-refractivity contribution in [1.29, 1.82) is 0 Å². The van der Waals surface area contributed by atoms with Crippen LogP contribution in [0, 0.1) is 0 Å². The second kappa shape index (κ2) is 7.92. The highest BCUT2D eigenvalue weighted by molar-refractivity contribution is 6.30. The van der Waals surface area contributed by atoms with E-state index in [0.29, 0.717) is 27.6 Å². The van der Waals surface area contributed by atoms with E-state index >= 15 is 0 Å². The van der Waals surface area contributed by atoms with Crippen molar-refractivity contribution in [2.45, 2.75) is 6.92 Å². The summed E-state index contributed by atoms with van der Waals surface area (Å²) in [6.07, 6.45) is 3.14. The fourth-order valence-corrected chi connectivity index (χ4v) is 3.07. The molecule has 8 nitrogen and oxygen atoms in total. The van der Waals surface area contributed by atoms with Crippen molar-refractivity contribution in [2.24, 2.45) is 0 Å². The summed E-state index contributed by atoms with van der Waals surface area (Å²) in [6.45, 7) is 1.45. The molecule has 0 saturated heterocycles. The smallest absolute Gasteiger partial charge is 0.295 e. The molecular formula is C21H17ClN6O2. The van der Waals surface area contributed by atoms with Gasteiger partial charge in [-0.15, -0.1) is 0 Å². The first-order valence-electron chi connectivity index (χ1n) is 9.04. The number of imidazole rings is 1. The number of carbonyl (C=O) groups is 2. The Labute approximate surface area is 177 Å². The Morgan fingerprint density at radius 3 is 2.40 bits per heavy atom. The van der Waals surface area contributed by atoms with Crippen LogP contribution in [0.3, 0.4) is 0 Å². The third kappa shape index (κ3) is 3.85. The van der Waals surface area contributed by atoms with E-state index in [2.05, 4.69) is 20.3 Å². The number of fused-ring (bicyclic) bond motifs is 1. The van der Waals surface area contributed by atoms with Crippen molar-refractivity contribution in [3.05, 3.63) is 71.9 Å². The second-order valence-corrected chi connectivity index (χ2v) is 7.02. The molecule has 0 spiro atoms. The molecule has 0 bridgehead atoms. The summed E-state index contributed by atoms with van der Waals surface area (Å²) in [7, 11) is 1.65. The van der Waals surface area contributed by atoms with E-state index in [1.807, 2.05) is 12.1 Å². The maximum atomic E-state index is 12.9. The van der Waals surface area contributed by atoms with Crippen LogP contribution in [0.4, 0.5) is 11.4 Å². The average Bonchev–Trinajstić information content (AvgIpc) is 3.16. The van der Waals surface area contributed by atoms with Crippen molar-refractivity contribution in [3.8, 4) is 5.69 Å². The molecule has 2 heterocycles. The molecule has 4 aromatic rings. The predicted octanol–water partition coefficient (Wildman–Crippen LogP) is 3.70. The maximum Gasteiger partial charge on any atom is 0.295 e. The number of nitrogens with zero attached hydrogens (tertiary/aromatic N) is 5. The van der Waals surface area contributed by atoms with Crippen molar-refractivity contribution < 1.29 is 9.59 Å². The zero-order valence-electron chi connectivity index (χ0n) is 16.2. The third-order valence-electron chi connectivity index (χ3n) is 4.47. The molecule has 2 aromatic carbocycles. The molecule has 0 aliphatic heterocycles. The number of hydrogen-bond acceptors (Lipinski definition) is 5. The van der Waals surface area contributed by atoms with E-state index in [-0.39, 0.29) is 17.6 Å². The lowest BCUT2D eigenvalue weighted by molar-refractivity contribution is -0.114. The Bertz CT molecular complexity index is 1230. The lowest BCUT2D eigenvalue weighted by Crippen LogP contribution is -2.28. The molecule has 4 rings (SSSR count). The number of rotatable bonds is 4. The number of anilines is 2. The van der Waals surface area contributed by atoms with Crippen LogP contribution in [-0.4, -0.2) is 38.4 Å². The molecule has 150 valence electrons. The minimum absolute atomic E-state index is 0.0524. The van der Waals surface area contributed by atoms with Crippen LogP contribution in [0.15, 0.2) is 61.1 Å². The lowest BCUT2D eigenvalue weighted by Gasteiger charge is -2.16. The van der Waals surface area contributed by atoms with Crippen molar-refractivity contribution in [3.63, 3.8) is 0 Å². The topological polar surface area (TPSA) is 93.0 Å². The van der Waals surface area contributed by atoms with Gasteiger partial charge in [0.1, 0.15) is 11.8 Å². The quantitative estimate of drug-likeness (QED) is 0.543. The monoisotopic (exact) mass is 420 g/mol. The van der Waals surface area contributed by atoms with E-state index in [9.17, 15) is 9.59 Å². The van der Waals surface area contributed by atoms with E-state index in [4.69, 9.17) is 11.6 Å². The van der Waals surface area contributed by atoms with Gasteiger partial charge in [0.15, 0.2) is 5.65 Å². The molecule has 0 aliphatic rings. The Morgan fingerprint density at radius 2 is 1.73 bits per heavy atom. The lowest BCUT2D eigenvalue weighted by atomic mass is 10.2. The summed E-state index contributed by atoms with van der Waals surface area (Å²) in [5, 5.41) is 3.31. The second-order valence-electron chi connectivity index (χ2n) is 6.59. The Hall–Kier alpha value is -3.78. The molecule has 2 amide bonds. The number of carbonyl (C=O) groups excluding carboxylic acids is 2. The number of hydrogen-bond donors (Lipinski definition) is 1. The zero-order chi connectivity index (χ0) is 21.3. The summed E-state index contributed by atoms with van der Waals surface area (Å²) in [4.78, 5) is 38.5. The van der Waals surface area contributed by atoms with Crippen LogP contribution in [-0.2, 0) is 4.79 Å². The van der Waals surface area contributed by atoms with Crippen LogP contribution in [0.2, 0.25) is 5.02 Å². The predicted molar refractivity (Wildman–Crippen MR) is 115 cm³/mol. The normalized spacial score (nSPS) is 10.8. The number of amides is 2. The van der Waals surface area contributed by atoms with Crippen molar-refractivity contribution in [2.75, 3.05) is 17.3 Å². The van der Waals surface area contributed by atoms with Gasteiger partial charge in [0.2, 0.25) is 11.7 Å². The van der Waals surface area contributed by atoms with E-state index in [1.165, 1.54) is 18.0 Å². The highest BCUT2D eigenvalue weighted by Gasteiger charge is 2.18. The maximum absolute atomic E-state index is 12.9. The summed E-state index contributed by atoms with van der Waals surface area (Å²) >= 11 is 5.92. The van der Waals surface area contributed by atoms with Gasteiger partial charge in [-0.1, -0.05) is 11.6 Å². The number of halogens is 1. The van der Waals surface area contributed by atoms with E-state index in [0.717, 1.165) is 5.69 Å². The van der Waals surface area contributed by atoms with Crippen LogP contribution < -0.4 is 10.2 Å². The first kappa shape index (κ1) is 19.5. The highest BCUT2D eigenvalue weighted by atomic mass is 35.5. The molecule has 0 fully saturated rings. The molecule has 0 unspecified atom stereocenters. The van der Waals surface area contributed by atoms with Gasteiger partial charge in [0.05, 0.1) is 6.20 Å². The van der Waals surface area contributed by atoms with Gasteiger partial charge in [-0.25, -0.2) is 15.0 Å². The Kier molecular flexibility index (Phi) is 5.16. The molecule has 9 heteroatoms. The number of aromatic nitrogens is 4. The fourth-order valence-electron chi connectivity index (χ4n) is 2.94. The number of benzene rings is 2. The van der Waals surface area contributed by atoms with Gasteiger partial charge in [-0.2, -0.15) is 0 Å². The van der Waals surface area contributed by atoms with Gasteiger partial charge in [0.25, 0.3) is 5.91 Å². The van der Waals surface area contributed by atoms with Crippen molar-refractivity contribution in [1.82, 2.24) is 19.5 Å². The van der Waals surface area contributed by atoms with E-state index < -0.39 is 0 Å². The van der Waals surface area contributed by atoms with Gasteiger partial charge in [-0.3, -0.25) is 14.2 Å². The van der Waals surface area contributed by atoms with Crippen molar-refractivity contribution >= 4 is 46.0 Å². The molecule has 0 aliphatic carbocycles. The molecule has 0 atom stereocenters. The van der Waals surface area contributed by atoms with Gasteiger partial charge >= 0.3 is 0 Å². The Balaban J connectivity index is 1.66. The van der Waals surface area contributed by atoms with Gasteiger partial charge in [-0.05, 0) is 48.5 Å². The fraction of sp³-hybridized carbons (Fsp3) is 0.0952. The SMILES string of the molecule is CC(=O)Nc1ccc(-n2cnc3cnc(C(=O)N(C)c4ccc(Cl)cc4)nc32)cc1. The van der Waals surface area contributed by atoms with Gasteiger partial charge < -0.3 is 10.2 Å². The summed E-state index contributed by atoms with van der Waals surface area (Å²) in [6, 6.07) is 14.1. The molecular weight excluding hydrogens is 404 g/mol. The minimum Gasteiger partial charge on any atom is -0.326 e. The molecule has 1 N–H and O–H groups in total. The molecule has 0 radical (unpaired) electrons. The first-order valence-corrected chi connectivity index (χ1v) is 9.42. The first-order chi connectivity index (χ1) is 14.4. The largest absolute Gasteiger partial charge is 0.326 e.